The van der Waals surface area contributed by atoms with Gasteiger partial charge in [-0.2, -0.15) is 0 Å². The summed E-state index contributed by atoms with van der Waals surface area (Å²) in [4.78, 5) is 42.4. The fourth-order valence-electron chi connectivity index (χ4n) is 5.67. The number of carbonyl (C=O) groups is 2. The Balaban J connectivity index is 1.56. The third-order valence-electron chi connectivity index (χ3n) is 7.78. The molecule has 4 aromatic rings. The van der Waals surface area contributed by atoms with Crippen molar-refractivity contribution < 1.29 is 19.1 Å². The number of carbonyl (C=O) groups excluding carboxylic acids is 2. The summed E-state index contributed by atoms with van der Waals surface area (Å²) < 4.78 is 12.1. The molecule has 8 heteroatoms. The predicted octanol–water partition coefficient (Wildman–Crippen LogP) is 6.01. The molecule has 0 saturated carbocycles. The number of para-hydroxylation sites is 1. The largest absolute Gasteiger partial charge is 0.508 e. The maximum atomic E-state index is 14.3. The average molecular weight is 568 g/mol. The number of nitrogens with zero attached hydrogens (tertiary/aromatic N) is 2. The standard InChI is InChI=1S/C34H37N3O5/c1-3-29(24-13-7-5-8-14-24)35-32(38)31-27-17-11-12-18-28(27)33(39)37(25-15-9-6-10-16-25)30(31)23-36-21-19-26(20-22-36)42-34(40)41-4-2/h5-18,26,29H,3-4,19-23H2,1-2H3,(H,35,38). The van der Waals surface area contributed by atoms with E-state index in [0.717, 1.165) is 12.0 Å². The van der Waals surface area contributed by atoms with E-state index < -0.39 is 6.16 Å². The minimum absolute atomic E-state index is 0.168. The highest BCUT2D eigenvalue weighted by molar-refractivity contribution is 6.08. The second-order valence-electron chi connectivity index (χ2n) is 10.5. The number of amides is 1. The molecule has 0 spiro atoms. The number of pyridine rings is 1. The van der Waals surface area contributed by atoms with E-state index in [4.69, 9.17) is 9.47 Å². The number of hydrogen-bond donors (Lipinski definition) is 1. The molecule has 0 aliphatic carbocycles. The summed E-state index contributed by atoms with van der Waals surface area (Å²) >= 11 is 0. The molecule has 1 saturated heterocycles. The van der Waals surface area contributed by atoms with E-state index in [1.807, 2.05) is 85.8 Å². The monoisotopic (exact) mass is 567 g/mol. The van der Waals surface area contributed by atoms with E-state index >= 15 is 0 Å². The Hall–Kier alpha value is -4.43. The van der Waals surface area contributed by atoms with Crippen LogP contribution in [-0.2, 0) is 16.0 Å². The first-order chi connectivity index (χ1) is 20.5. The molecule has 0 radical (unpaired) electrons. The van der Waals surface area contributed by atoms with E-state index in [9.17, 15) is 14.4 Å². The van der Waals surface area contributed by atoms with Crippen molar-refractivity contribution in [1.82, 2.24) is 14.8 Å². The van der Waals surface area contributed by atoms with Gasteiger partial charge in [-0.15, -0.1) is 0 Å². The van der Waals surface area contributed by atoms with Gasteiger partial charge in [0.1, 0.15) is 6.10 Å². The summed E-state index contributed by atoms with van der Waals surface area (Å²) in [6.45, 7) is 5.72. The molecule has 5 rings (SSSR count). The predicted molar refractivity (Wildman–Crippen MR) is 163 cm³/mol. The van der Waals surface area contributed by atoms with Gasteiger partial charge in [-0.1, -0.05) is 73.7 Å². The number of rotatable bonds is 9. The number of likely N-dealkylation sites (tertiary alicyclic amines) is 1. The molecule has 218 valence electrons. The van der Waals surface area contributed by atoms with Crippen molar-refractivity contribution in [1.29, 1.82) is 0 Å². The molecule has 8 nitrogen and oxygen atoms in total. The number of hydrogen-bond acceptors (Lipinski definition) is 6. The van der Waals surface area contributed by atoms with Crippen LogP contribution in [0.25, 0.3) is 16.5 Å². The Labute approximate surface area is 245 Å². The average Bonchev–Trinajstić information content (AvgIpc) is 3.02. The van der Waals surface area contributed by atoms with Gasteiger partial charge in [-0.3, -0.25) is 19.1 Å². The Morgan fingerprint density at radius 1 is 0.881 bits per heavy atom. The van der Waals surface area contributed by atoms with Crippen molar-refractivity contribution >= 4 is 22.8 Å². The number of piperidine rings is 1. The maximum Gasteiger partial charge on any atom is 0.508 e. The molecule has 1 aliphatic rings. The molecular weight excluding hydrogens is 530 g/mol. The van der Waals surface area contributed by atoms with Crippen LogP contribution in [0.4, 0.5) is 4.79 Å². The minimum Gasteiger partial charge on any atom is -0.435 e. The quantitative estimate of drug-likeness (QED) is 0.249. The highest BCUT2D eigenvalue weighted by atomic mass is 16.7. The van der Waals surface area contributed by atoms with Crippen molar-refractivity contribution in [3.63, 3.8) is 0 Å². The van der Waals surface area contributed by atoms with Crippen LogP contribution in [0.3, 0.4) is 0 Å². The number of benzene rings is 3. The van der Waals surface area contributed by atoms with Gasteiger partial charge in [0.2, 0.25) is 0 Å². The van der Waals surface area contributed by atoms with Crippen LogP contribution in [0.5, 0.6) is 0 Å². The zero-order valence-corrected chi connectivity index (χ0v) is 24.1. The first kappa shape index (κ1) is 29.1. The van der Waals surface area contributed by atoms with Gasteiger partial charge in [0.05, 0.1) is 23.9 Å². The van der Waals surface area contributed by atoms with E-state index in [0.29, 0.717) is 60.2 Å². The van der Waals surface area contributed by atoms with Crippen LogP contribution in [0, 0.1) is 0 Å². The maximum absolute atomic E-state index is 14.3. The van der Waals surface area contributed by atoms with Gasteiger partial charge in [0, 0.05) is 36.1 Å². The molecule has 1 aliphatic heterocycles. The Kier molecular flexibility index (Phi) is 9.34. The van der Waals surface area contributed by atoms with Gasteiger partial charge in [-0.05, 0) is 49.9 Å². The van der Waals surface area contributed by atoms with E-state index in [2.05, 4.69) is 10.2 Å². The first-order valence-electron chi connectivity index (χ1n) is 14.6. The van der Waals surface area contributed by atoms with E-state index in [1.165, 1.54) is 0 Å². The number of fused-ring (bicyclic) bond motifs is 1. The third kappa shape index (κ3) is 6.39. The van der Waals surface area contributed by atoms with E-state index in [1.54, 1.807) is 17.6 Å². The van der Waals surface area contributed by atoms with Crippen molar-refractivity contribution in [2.24, 2.45) is 0 Å². The summed E-state index contributed by atoms with van der Waals surface area (Å²) in [5.41, 5.74) is 2.69. The van der Waals surface area contributed by atoms with Gasteiger partial charge in [0.15, 0.2) is 0 Å². The minimum atomic E-state index is -0.647. The molecular formula is C34H37N3O5. The number of nitrogens with one attached hydrogen (secondary N) is 1. The first-order valence-corrected chi connectivity index (χ1v) is 14.6. The Morgan fingerprint density at radius 3 is 2.14 bits per heavy atom. The lowest BCUT2D eigenvalue weighted by Gasteiger charge is -2.32. The normalized spacial score (nSPS) is 14.8. The van der Waals surface area contributed by atoms with Gasteiger partial charge in [-0.25, -0.2) is 4.79 Å². The molecule has 1 amide bonds. The van der Waals surface area contributed by atoms with Gasteiger partial charge >= 0.3 is 6.16 Å². The third-order valence-corrected chi connectivity index (χ3v) is 7.78. The summed E-state index contributed by atoms with van der Waals surface area (Å²) in [6.07, 6.45) is 1.11. The number of aromatic nitrogens is 1. The summed E-state index contributed by atoms with van der Waals surface area (Å²) in [7, 11) is 0. The van der Waals surface area contributed by atoms with Crippen molar-refractivity contribution in [3.8, 4) is 5.69 Å². The summed E-state index contributed by atoms with van der Waals surface area (Å²) in [6, 6.07) is 26.5. The molecule has 0 bridgehead atoms. The molecule has 1 N–H and O–H groups in total. The topological polar surface area (TPSA) is 89.9 Å². The molecule has 2 heterocycles. The zero-order valence-electron chi connectivity index (χ0n) is 24.1. The highest BCUT2D eigenvalue weighted by Crippen LogP contribution is 2.27. The van der Waals surface area contributed by atoms with Crippen LogP contribution in [0.2, 0.25) is 0 Å². The summed E-state index contributed by atoms with van der Waals surface area (Å²) in [5.74, 6) is -0.220. The van der Waals surface area contributed by atoms with Crippen molar-refractivity contribution in [3.05, 3.63) is 112 Å². The summed E-state index contributed by atoms with van der Waals surface area (Å²) in [5, 5.41) is 4.38. The van der Waals surface area contributed by atoms with Crippen LogP contribution < -0.4 is 10.9 Å². The Morgan fingerprint density at radius 2 is 1.50 bits per heavy atom. The van der Waals surface area contributed by atoms with Crippen molar-refractivity contribution in [2.75, 3.05) is 19.7 Å². The van der Waals surface area contributed by atoms with Crippen molar-refractivity contribution in [2.45, 2.75) is 51.8 Å². The van der Waals surface area contributed by atoms with Crippen LogP contribution in [0.1, 0.15) is 60.8 Å². The van der Waals surface area contributed by atoms with Crippen LogP contribution in [-0.4, -0.2) is 47.3 Å². The molecule has 1 atom stereocenters. The zero-order chi connectivity index (χ0) is 29.5. The van der Waals surface area contributed by atoms with Gasteiger partial charge in [0.25, 0.3) is 11.5 Å². The van der Waals surface area contributed by atoms with Crippen LogP contribution in [0.15, 0.2) is 89.7 Å². The fraction of sp³-hybridized carbons (Fsp3) is 0.324. The molecule has 1 fully saturated rings. The molecule has 3 aromatic carbocycles. The SMILES string of the molecule is CCOC(=O)OC1CCN(Cc2c(C(=O)NC(CC)c3ccccc3)c3ccccc3c(=O)n2-c2ccccc2)CC1. The fourth-order valence-corrected chi connectivity index (χ4v) is 5.67. The smallest absolute Gasteiger partial charge is 0.435 e. The highest BCUT2D eigenvalue weighted by Gasteiger charge is 2.28. The lowest BCUT2D eigenvalue weighted by molar-refractivity contribution is 0.000649. The number of ether oxygens (including phenoxy) is 2. The van der Waals surface area contributed by atoms with E-state index in [-0.39, 0.29) is 30.2 Å². The molecule has 1 aromatic heterocycles. The lowest BCUT2D eigenvalue weighted by atomic mass is 9.99. The Bertz CT molecular complexity index is 1580. The molecule has 1 unspecified atom stereocenters. The van der Waals surface area contributed by atoms with Crippen LogP contribution >= 0.6 is 0 Å². The molecule has 42 heavy (non-hydrogen) atoms. The van der Waals surface area contributed by atoms with Gasteiger partial charge < -0.3 is 14.8 Å². The second kappa shape index (κ2) is 13.5. The lowest BCUT2D eigenvalue weighted by Crippen LogP contribution is -2.40. The second-order valence-corrected chi connectivity index (χ2v) is 10.5.